The number of aromatic nitrogens is 3. The summed E-state index contributed by atoms with van der Waals surface area (Å²) in [4.78, 5) is 32.7. The Labute approximate surface area is 159 Å². The zero-order valence-electron chi connectivity index (χ0n) is 16.7. The number of H-pyrrole nitrogens is 1. The van der Waals surface area contributed by atoms with Crippen LogP contribution in [0.15, 0.2) is 24.3 Å². The summed E-state index contributed by atoms with van der Waals surface area (Å²) in [6.07, 6.45) is 0.595. The molecule has 0 saturated carbocycles. The molecule has 0 saturated heterocycles. The molecule has 0 spiro atoms. The van der Waals surface area contributed by atoms with E-state index in [1.54, 1.807) is 0 Å². The molecule has 1 aromatic carbocycles. The summed E-state index contributed by atoms with van der Waals surface area (Å²) in [5.74, 6) is 0.164. The van der Waals surface area contributed by atoms with Crippen molar-refractivity contribution in [2.24, 2.45) is 0 Å². The molecule has 0 atom stereocenters. The molecule has 6 nitrogen and oxygen atoms in total. The third-order valence-corrected chi connectivity index (χ3v) is 4.68. The van der Waals surface area contributed by atoms with Crippen molar-refractivity contribution in [1.82, 2.24) is 14.5 Å². The first-order chi connectivity index (χ1) is 12.6. The van der Waals surface area contributed by atoms with Gasteiger partial charge in [0.1, 0.15) is 5.69 Å². The van der Waals surface area contributed by atoms with Crippen molar-refractivity contribution in [2.45, 2.75) is 53.5 Å². The first-order valence-electron chi connectivity index (χ1n) is 9.16. The number of imidazole rings is 1. The van der Waals surface area contributed by atoms with Gasteiger partial charge in [-0.15, -0.1) is 0 Å². The van der Waals surface area contributed by atoms with Crippen molar-refractivity contribution in [3.8, 4) is 0 Å². The smallest absolute Gasteiger partial charge is 0.274 e. The van der Waals surface area contributed by atoms with E-state index in [2.05, 4.69) is 36.1 Å². The first kappa shape index (κ1) is 18.9. The fourth-order valence-corrected chi connectivity index (χ4v) is 3.65. The van der Waals surface area contributed by atoms with E-state index in [9.17, 15) is 9.59 Å². The van der Waals surface area contributed by atoms with Crippen molar-refractivity contribution in [3.63, 3.8) is 0 Å². The number of para-hydroxylation sites is 2. The number of benzene rings is 1. The second-order valence-electron chi connectivity index (χ2n) is 7.77. The van der Waals surface area contributed by atoms with Crippen LogP contribution in [-0.2, 0) is 12.0 Å². The SMILES string of the molecule is CCc1c(C(=O)Nc2nc3ccccc3n2C(C)(C)C)[nH]c(C)c1C(C)=O. The Morgan fingerprint density at radius 2 is 1.89 bits per heavy atom. The van der Waals surface area contributed by atoms with E-state index in [1.165, 1.54) is 6.92 Å². The lowest BCUT2D eigenvalue weighted by molar-refractivity contribution is 0.101. The number of aromatic amines is 1. The summed E-state index contributed by atoms with van der Waals surface area (Å²) in [5, 5.41) is 2.95. The molecule has 142 valence electrons. The number of ketones is 1. The number of hydrogen-bond acceptors (Lipinski definition) is 3. The Morgan fingerprint density at radius 3 is 2.48 bits per heavy atom. The van der Waals surface area contributed by atoms with Crippen LogP contribution in [-0.4, -0.2) is 26.2 Å². The van der Waals surface area contributed by atoms with Gasteiger partial charge in [0.25, 0.3) is 5.91 Å². The van der Waals surface area contributed by atoms with Gasteiger partial charge in [0.05, 0.1) is 11.0 Å². The zero-order chi connectivity index (χ0) is 19.9. The molecule has 1 amide bonds. The second kappa shape index (κ2) is 6.68. The quantitative estimate of drug-likeness (QED) is 0.670. The highest BCUT2D eigenvalue weighted by Gasteiger charge is 2.26. The van der Waals surface area contributed by atoms with E-state index < -0.39 is 0 Å². The number of anilines is 1. The van der Waals surface area contributed by atoms with Crippen molar-refractivity contribution < 1.29 is 9.59 Å². The number of amides is 1. The first-order valence-corrected chi connectivity index (χ1v) is 9.16. The lowest BCUT2D eigenvalue weighted by atomic mass is 10.0. The normalized spacial score (nSPS) is 11.8. The van der Waals surface area contributed by atoms with Crippen LogP contribution in [0.2, 0.25) is 0 Å². The van der Waals surface area contributed by atoms with E-state index in [0.29, 0.717) is 29.3 Å². The number of nitrogens with zero attached hydrogens (tertiary/aromatic N) is 2. The molecular weight excluding hydrogens is 340 g/mol. The second-order valence-corrected chi connectivity index (χ2v) is 7.77. The van der Waals surface area contributed by atoms with E-state index in [0.717, 1.165) is 16.6 Å². The lowest BCUT2D eigenvalue weighted by Gasteiger charge is -2.24. The monoisotopic (exact) mass is 366 g/mol. The maximum Gasteiger partial charge on any atom is 0.274 e. The van der Waals surface area contributed by atoms with Crippen LogP contribution in [0.4, 0.5) is 5.95 Å². The molecule has 3 aromatic rings. The van der Waals surface area contributed by atoms with Gasteiger partial charge in [0.15, 0.2) is 5.78 Å². The maximum absolute atomic E-state index is 13.0. The van der Waals surface area contributed by atoms with Crippen LogP contribution in [0.5, 0.6) is 0 Å². The van der Waals surface area contributed by atoms with Crippen LogP contribution in [0.25, 0.3) is 11.0 Å². The van der Waals surface area contributed by atoms with E-state index in [4.69, 9.17) is 0 Å². The number of carbonyl (C=O) groups excluding carboxylic acids is 2. The fraction of sp³-hybridized carbons (Fsp3) is 0.381. The molecule has 0 fully saturated rings. The van der Waals surface area contributed by atoms with Crippen LogP contribution in [0.3, 0.4) is 0 Å². The standard InChI is InChI=1S/C21H26N4O2/c1-7-14-17(13(3)26)12(2)22-18(14)19(27)24-20-23-15-10-8-9-11-16(15)25(20)21(4,5)6/h8-11,22H,7H2,1-6H3,(H,23,24,27). The van der Waals surface area contributed by atoms with E-state index in [1.807, 2.05) is 42.7 Å². The number of aryl methyl sites for hydroxylation is 1. The molecule has 0 unspecified atom stereocenters. The Morgan fingerprint density at radius 1 is 1.22 bits per heavy atom. The van der Waals surface area contributed by atoms with Crippen LogP contribution in [0, 0.1) is 6.92 Å². The molecule has 2 aromatic heterocycles. The molecule has 6 heteroatoms. The van der Waals surface area contributed by atoms with E-state index >= 15 is 0 Å². The van der Waals surface area contributed by atoms with Gasteiger partial charge in [-0.1, -0.05) is 19.1 Å². The molecule has 0 aliphatic heterocycles. The van der Waals surface area contributed by atoms with Gasteiger partial charge in [-0.3, -0.25) is 14.9 Å². The Balaban J connectivity index is 2.08. The average molecular weight is 366 g/mol. The van der Waals surface area contributed by atoms with E-state index in [-0.39, 0.29) is 17.2 Å². The number of Topliss-reactive ketones (excluding diaryl/α,β-unsaturated/α-hetero) is 1. The number of hydrogen-bond donors (Lipinski definition) is 2. The van der Waals surface area contributed by atoms with Crippen molar-refractivity contribution in [1.29, 1.82) is 0 Å². The summed E-state index contributed by atoms with van der Waals surface area (Å²) in [7, 11) is 0. The molecule has 2 heterocycles. The van der Waals surface area contributed by atoms with Crippen LogP contribution < -0.4 is 5.32 Å². The number of rotatable bonds is 4. The Kier molecular flexibility index (Phi) is 4.68. The zero-order valence-corrected chi connectivity index (χ0v) is 16.7. The number of nitrogens with one attached hydrogen (secondary N) is 2. The van der Waals surface area contributed by atoms with Crippen molar-refractivity contribution in [2.75, 3.05) is 5.32 Å². The largest absolute Gasteiger partial charge is 0.354 e. The molecule has 0 aliphatic carbocycles. The minimum atomic E-state index is -0.289. The van der Waals surface area contributed by atoms with Gasteiger partial charge in [-0.2, -0.15) is 0 Å². The highest BCUT2D eigenvalue weighted by Crippen LogP contribution is 2.29. The molecule has 0 radical (unpaired) electrons. The Bertz CT molecular complexity index is 1030. The average Bonchev–Trinajstić information content (AvgIpc) is 3.11. The highest BCUT2D eigenvalue weighted by atomic mass is 16.2. The molecule has 0 aliphatic rings. The van der Waals surface area contributed by atoms with Gasteiger partial charge in [-0.05, 0) is 58.7 Å². The summed E-state index contributed by atoms with van der Waals surface area (Å²) < 4.78 is 2.02. The summed E-state index contributed by atoms with van der Waals surface area (Å²) in [5.41, 5.74) is 4.01. The lowest BCUT2D eigenvalue weighted by Crippen LogP contribution is -2.26. The molecule has 2 N–H and O–H groups in total. The van der Waals surface area contributed by atoms with Crippen LogP contribution in [0.1, 0.15) is 66.7 Å². The Hall–Kier alpha value is -2.89. The molecule has 27 heavy (non-hydrogen) atoms. The van der Waals surface area contributed by atoms with Crippen LogP contribution >= 0.6 is 0 Å². The predicted molar refractivity (Wildman–Crippen MR) is 108 cm³/mol. The number of carbonyl (C=O) groups is 2. The van der Waals surface area contributed by atoms with Crippen molar-refractivity contribution >= 4 is 28.7 Å². The third-order valence-electron chi connectivity index (χ3n) is 4.68. The molecular formula is C21H26N4O2. The van der Waals surface area contributed by atoms with Gasteiger partial charge in [0, 0.05) is 16.8 Å². The third kappa shape index (κ3) is 3.27. The van der Waals surface area contributed by atoms with Gasteiger partial charge < -0.3 is 9.55 Å². The molecule has 3 rings (SSSR count). The highest BCUT2D eigenvalue weighted by molar-refractivity contribution is 6.07. The van der Waals surface area contributed by atoms with Gasteiger partial charge in [-0.25, -0.2) is 4.98 Å². The maximum atomic E-state index is 13.0. The summed E-state index contributed by atoms with van der Waals surface area (Å²) in [6, 6.07) is 7.81. The predicted octanol–water partition coefficient (Wildman–Crippen LogP) is 4.45. The summed E-state index contributed by atoms with van der Waals surface area (Å²) in [6.45, 7) is 11.5. The van der Waals surface area contributed by atoms with Gasteiger partial charge in [0.2, 0.25) is 5.95 Å². The van der Waals surface area contributed by atoms with Crippen molar-refractivity contribution in [3.05, 3.63) is 46.8 Å². The summed E-state index contributed by atoms with van der Waals surface area (Å²) >= 11 is 0. The fourth-order valence-electron chi connectivity index (χ4n) is 3.65. The number of fused-ring (bicyclic) bond motifs is 1. The molecule has 0 bridgehead atoms. The minimum absolute atomic E-state index is 0.0402. The van der Waals surface area contributed by atoms with Gasteiger partial charge >= 0.3 is 0 Å². The topological polar surface area (TPSA) is 79.8 Å². The minimum Gasteiger partial charge on any atom is -0.354 e.